The number of urea groups is 1. The number of benzene rings is 3. The van der Waals surface area contributed by atoms with E-state index in [0.29, 0.717) is 17.4 Å². The second-order valence-electron chi connectivity index (χ2n) is 6.82. The highest BCUT2D eigenvalue weighted by Gasteiger charge is 2.33. The van der Waals surface area contributed by atoms with Gasteiger partial charge in [0.25, 0.3) is 5.91 Å². The number of hydrogen-bond acceptors (Lipinski definition) is 3. The number of halogens is 1. The zero-order chi connectivity index (χ0) is 20.9. The molecule has 1 saturated heterocycles. The molecule has 0 spiro atoms. The van der Waals surface area contributed by atoms with Gasteiger partial charge in [-0.1, -0.05) is 72.3 Å². The predicted molar refractivity (Wildman–Crippen MR) is 116 cm³/mol. The third kappa shape index (κ3) is 4.53. The van der Waals surface area contributed by atoms with E-state index in [-0.39, 0.29) is 18.1 Å². The van der Waals surface area contributed by atoms with Crippen LogP contribution in [0.25, 0.3) is 6.08 Å². The Morgan fingerprint density at radius 2 is 1.70 bits per heavy atom. The van der Waals surface area contributed by atoms with Crippen LogP contribution in [0, 0.1) is 0 Å². The SMILES string of the molecule is O=C1N/C(=C/c2cccc(OCc3ccccc3Cl)c2)C(=O)N1Cc1ccccc1. The molecule has 150 valence electrons. The Kier molecular flexibility index (Phi) is 5.82. The van der Waals surface area contributed by atoms with Gasteiger partial charge >= 0.3 is 6.03 Å². The lowest BCUT2D eigenvalue weighted by molar-refractivity contribution is -0.123. The van der Waals surface area contributed by atoms with Crippen molar-refractivity contribution in [3.05, 3.63) is 106 Å². The number of carbonyl (C=O) groups excluding carboxylic acids is 2. The first kappa shape index (κ1) is 19.7. The van der Waals surface area contributed by atoms with Crippen molar-refractivity contribution in [2.45, 2.75) is 13.2 Å². The molecule has 3 aromatic rings. The van der Waals surface area contributed by atoms with Crippen molar-refractivity contribution in [2.24, 2.45) is 0 Å². The van der Waals surface area contributed by atoms with Gasteiger partial charge in [0.15, 0.2) is 0 Å². The summed E-state index contributed by atoms with van der Waals surface area (Å²) in [6, 6.07) is 23.8. The lowest BCUT2D eigenvalue weighted by Gasteiger charge is -2.11. The predicted octanol–water partition coefficient (Wildman–Crippen LogP) is 5.01. The number of imide groups is 1. The Bertz CT molecular complexity index is 1110. The smallest absolute Gasteiger partial charge is 0.329 e. The minimum Gasteiger partial charge on any atom is -0.489 e. The number of hydrogen-bond donors (Lipinski definition) is 1. The molecule has 0 unspecified atom stereocenters. The zero-order valence-corrected chi connectivity index (χ0v) is 16.8. The molecule has 0 aromatic heterocycles. The molecule has 3 amide bonds. The fourth-order valence-electron chi connectivity index (χ4n) is 3.12. The number of carbonyl (C=O) groups is 2. The molecule has 30 heavy (non-hydrogen) atoms. The highest BCUT2D eigenvalue weighted by atomic mass is 35.5. The van der Waals surface area contributed by atoms with E-state index >= 15 is 0 Å². The molecular weight excluding hydrogens is 400 g/mol. The first-order valence-corrected chi connectivity index (χ1v) is 9.83. The van der Waals surface area contributed by atoms with Crippen molar-refractivity contribution in [3.8, 4) is 5.75 Å². The van der Waals surface area contributed by atoms with E-state index in [9.17, 15) is 9.59 Å². The summed E-state index contributed by atoms with van der Waals surface area (Å²) in [5.41, 5.74) is 2.76. The standard InChI is InChI=1S/C24H19ClN2O3/c25-21-12-5-4-10-19(21)16-30-20-11-6-9-18(13-20)14-22-23(28)27(24(29)26-22)15-17-7-2-1-3-8-17/h1-14H,15-16H2,(H,26,29)/b22-14+. The van der Waals surface area contributed by atoms with Gasteiger partial charge in [-0.3, -0.25) is 9.69 Å². The Morgan fingerprint density at radius 3 is 2.50 bits per heavy atom. The first-order valence-electron chi connectivity index (χ1n) is 9.45. The Hall–Kier alpha value is -3.57. The number of nitrogens with one attached hydrogen (secondary N) is 1. The van der Waals surface area contributed by atoms with Crippen LogP contribution >= 0.6 is 11.6 Å². The van der Waals surface area contributed by atoms with Crippen molar-refractivity contribution >= 4 is 29.6 Å². The molecule has 0 radical (unpaired) electrons. The highest BCUT2D eigenvalue weighted by molar-refractivity contribution is 6.31. The van der Waals surface area contributed by atoms with Crippen LogP contribution in [0.1, 0.15) is 16.7 Å². The lowest BCUT2D eigenvalue weighted by atomic mass is 10.1. The maximum absolute atomic E-state index is 12.7. The molecule has 1 N–H and O–H groups in total. The molecule has 1 heterocycles. The number of nitrogens with zero attached hydrogens (tertiary/aromatic N) is 1. The van der Waals surface area contributed by atoms with Crippen molar-refractivity contribution in [3.63, 3.8) is 0 Å². The summed E-state index contributed by atoms with van der Waals surface area (Å²) in [4.78, 5) is 26.1. The first-order chi connectivity index (χ1) is 14.6. The minimum atomic E-state index is -0.429. The second kappa shape index (κ2) is 8.84. The normalized spacial score (nSPS) is 14.8. The van der Waals surface area contributed by atoms with Crippen molar-refractivity contribution in [2.75, 3.05) is 0 Å². The van der Waals surface area contributed by atoms with Crippen LogP contribution in [-0.2, 0) is 17.9 Å². The molecule has 1 aliphatic rings. The van der Waals surface area contributed by atoms with Gasteiger partial charge in [-0.05, 0) is 35.4 Å². The van der Waals surface area contributed by atoms with Gasteiger partial charge in [-0.25, -0.2) is 4.79 Å². The molecule has 5 nitrogen and oxygen atoms in total. The Balaban J connectivity index is 1.47. The fourth-order valence-corrected chi connectivity index (χ4v) is 3.31. The van der Waals surface area contributed by atoms with E-state index < -0.39 is 6.03 Å². The van der Waals surface area contributed by atoms with E-state index in [0.717, 1.165) is 16.7 Å². The number of rotatable bonds is 6. The van der Waals surface area contributed by atoms with E-state index in [1.165, 1.54) is 4.90 Å². The van der Waals surface area contributed by atoms with Gasteiger partial charge in [-0.15, -0.1) is 0 Å². The third-order valence-corrected chi connectivity index (χ3v) is 5.04. The van der Waals surface area contributed by atoms with E-state index in [1.54, 1.807) is 6.08 Å². The minimum absolute atomic E-state index is 0.226. The summed E-state index contributed by atoms with van der Waals surface area (Å²) in [5.74, 6) is 0.286. The Morgan fingerprint density at radius 1 is 0.933 bits per heavy atom. The van der Waals surface area contributed by atoms with Crippen LogP contribution in [0.15, 0.2) is 84.6 Å². The largest absolute Gasteiger partial charge is 0.489 e. The van der Waals surface area contributed by atoms with Crippen LogP contribution in [-0.4, -0.2) is 16.8 Å². The summed E-state index contributed by atoms with van der Waals surface area (Å²) in [6.45, 7) is 0.560. The van der Waals surface area contributed by atoms with E-state index in [2.05, 4.69) is 5.32 Å². The maximum atomic E-state index is 12.7. The van der Waals surface area contributed by atoms with Crippen molar-refractivity contribution < 1.29 is 14.3 Å². The molecule has 0 atom stereocenters. The molecule has 0 saturated carbocycles. The summed E-state index contributed by atoms with van der Waals surface area (Å²) >= 11 is 6.16. The molecule has 4 rings (SSSR count). The van der Waals surface area contributed by atoms with Gasteiger partial charge in [-0.2, -0.15) is 0 Å². The summed E-state index contributed by atoms with van der Waals surface area (Å²) in [6.07, 6.45) is 1.65. The van der Waals surface area contributed by atoms with Crippen LogP contribution in [0.5, 0.6) is 5.75 Å². The van der Waals surface area contributed by atoms with Gasteiger partial charge < -0.3 is 10.1 Å². The van der Waals surface area contributed by atoms with Crippen molar-refractivity contribution in [1.82, 2.24) is 10.2 Å². The number of amides is 3. The molecule has 1 aliphatic heterocycles. The highest BCUT2D eigenvalue weighted by Crippen LogP contribution is 2.22. The second-order valence-corrected chi connectivity index (χ2v) is 7.22. The molecule has 3 aromatic carbocycles. The fraction of sp³-hybridized carbons (Fsp3) is 0.0833. The summed E-state index contributed by atoms with van der Waals surface area (Å²) in [5, 5.41) is 3.29. The molecule has 0 aliphatic carbocycles. The monoisotopic (exact) mass is 418 g/mol. The van der Waals surface area contributed by atoms with Gasteiger partial charge in [0.1, 0.15) is 18.1 Å². The van der Waals surface area contributed by atoms with Gasteiger partial charge in [0, 0.05) is 10.6 Å². The quantitative estimate of drug-likeness (QED) is 0.452. The van der Waals surface area contributed by atoms with Gasteiger partial charge in [0.2, 0.25) is 0 Å². The topological polar surface area (TPSA) is 58.6 Å². The zero-order valence-electron chi connectivity index (χ0n) is 16.0. The maximum Gasteiger partial charge on any atom is 0.329 e. The summed E-state index contributed by atoms with van der Waals surface area (Å²) in [7, 11) is 0. The van der Waals surface area contributed by atoms with Crippen LogP contribution < -0.4 is 10.1 Å². The van der Waals surface area contributed by atoms with Crippen molar-refractivity contribution in [1.29, 1.82) is 0 Å². The van der Waals surface area contributed by atoms with Gasteiger partial charge in [0.05, 0.1) is 6.54 Å². The van der Waals surface area contributed by atoms with Crippen LogP contribution in [0.3, 0.4) is 0 Å². The average Bonchev–Trinajstić information content (AvgIpc) is 3.01. The molecule has 6 heteroatoms. The van der Waals surface area contributed by atoms with Crippen LogP contribution in [0.4, 0.5) is 4.79 Å². The summed E-state index contributed by atoms with van der Waals surface area (Å²) < 4.78 is 5.83. The molecular formula is C24H19ClN2O3. The molecule has 0 bridgehead atoms. The van der Waals surface area contributed by atoms with Crippen LogP contribution in [0.2, 0.25) is 5.02 Å². The van der Waals surface area contributed by atoms with E-state index in [4.69, 9.17) is 16.3 Å². The number of ether oxygens (including phenoxy) is 1. The average molecular weight is 419 g/mol. The lowest BCUT2D eigenvalue weighted by Crippen LogP contribution is -2.30. The van der Waals surface area contributed by atoms with E-state index in [1.807, 2.05) is 78.9 Å². The Labute approximate surface area is 179 Å². The molecule has 1 fully saturated rings. The third-order valence-electron chi connectivity index (χ3n) is 4.67.